The van der Waals surface area contributed by atoms with E-state index in [1.54, 1.807) is 17.6 Å². The van der Waals surface area contributed by atoms with Gasteiger partial charge in [-0.05, 0) is 11.4 Å². The van der Waals surface area contributed by atoms with E-state index in [1.807, 2.05) is 6.20 Å². The fourth-order valence-electron chi connectivity index (χ4n) is 2.22. The SMILES string of the molecule is N#Cc1ccsc1NC(=O)CN1CCn2ccnc2C1. The van der Waals surface area contributed by atoms with Crippen molar-refractivity contribution in [1.82, 2.24) is 14.5 Å². The van der Waals surface area contributed by atoms with Crippen molar-refractivity contribution in [3.05, 3.63) is 35.2 Å². The van der Waals surface area contributed by atoms with Crippen molar-refractivity contribution in [1.29, 1.82) is 5.26 Å². The number of nitriles is 1. The number of hydrogen-bond donors (Lipinski definition) is 1. The maximum atomic E-state index is 12.0. The lowest BCUT2D eigenvalue weighted by Crippen LogP contribution is -2.39. The molecule has 0 aliphatic carbocycles. The minimum atomic E-state index is -0.0936. The van der Waals surface area contributed by atoms with Crippen LogP contribution in [0.5, 0.6) is 0 Å². The monoisotopic (exact) mass is 287 g/mol. The van der Waals surface area contributed by atoms with Gasteiger partial charge in [0.05, 0.1) is 18.7 Å². The average Bonchev–Trinajstić information content (AvgIpc) is 3.06. The molecule has 0 atom stereocenters. The Balaban J connectivity index is 1.59. The molecule has 1 aliphatic heterocycles. The molecule has 1 amide bonds. The molecule has 0 radical (unpaired) electrons. The first-order valence-corrected chi connectivity index (χ1v) is 7.14. The number of thiophene rings is 1. The molecule has 0 bridgehead atoms. The zero-order chi connectivity index (χ0) is 13.9. The fraction of sp³-hybridized carbons (Fsp3) is 0.308. The summed E-state index contributed by atoms with van der Waals surface area (Å²) in [6.45, 7) is 2.67. The normalized spacial score (nSPS) is 14.6. The molecule has 2 aromatic heterocycles. The van der Waals surface area contributed by atoms with Crippen molar-refractivity contribution < 1.29 is 4.79 Å². The van der Waals surface area contributed by atoms with Crippen LogP contribution in [0, 0.1) is 11.3 Å². The Labute approximate surface area is 120 Å². The Morgan fingerprint density at radius 3 is 3.30 bits per heavy atom. The molecule has 20 heavy (non-hydrogen) atoms. The molecule has 0 unspecified atom stereocenters. The lowest BCUT2D eigenvalue weighted by atomic mass is 10.3. The Kier molecular flexibility index (Phi) is 3.50. The molecule has 1 N–H and O–H groups in total. The molecule has 6 nitrogen and oxygen atoms in total. The van der Waals surface area contributed by atoms with Crippen LogP contribution >= 0.6 is 11.3 Å². The number of rotatable bonds is 3. The maximum absolute atomic E-state index is 12.0. The zero-order valence-corrected chi connectivity index (χ0v) is 11.6. The van der Waals surface area contributed by atoms with Crippen molar-refractivity contribution in [2.45, 2.75) is 13.1 Å². The van der Waals surface area contributed by atoms with Crippen molar-refractivity contribution >= 4 is 22.2 Å². The second-order valence-corrected chi connectivity index (χ2v) is 5.49. The quantitative estimate of drug-likeness (QED) is 0.922. The van der Waals surface area contributed by atoms with Crippen LogP contribution in [0.4, 0.5) is 5.00 Å². The van der Waals surface area contributed by atoms with Gasteiger partial charge in [0.1, 0.15) is 16.9 Å². The van der Waals surface area contributed by atoms with Crippen LogP contribution in [-0.4, -0.2) is 33.4 Å². The van der Waals surface area contributed by atoms with Crippen LogP contribution in [-0.2, 0) is 17.9 Å². The van der Waals surface area contributed by atoms with Gasteiger partial charge in [0, 0.05) is 25.5 Å². The minimum Gasteiger partial charge on any atom is -0.333 e. The number of carbonyl (C=O) groups excluding carboxylic acids is 1. The van der Waals surface area contributed by atoms with E-state index >= 15 is 0 Å². The lowest BCUT2D eigenvalue weighted by Gasteiger charge is -2.26. The van der Waals surface area contributed by atoms with Gasteiger partial charge in [-0.15, -0.1) is 11.3 Å². The molecule has 102 valence electrons. The topological polar surface area (TPSA) is 74.0 Å². The average molecular weight is 287 g/mol. The van der Waals surface area contributed by atoms with E-state index in [0.29, 0.717) is 23.7 Å². The predicted molar refractivity (Wildman–Crippen MR) is 75.2 cm³/mol. The van der Waals surface area contributed by atoms with E-state index < -0.39 is 0 Å². The summed E-state index contributed by atoms with van der Waals surface area (Å²) in [7, 11) is 0. The number of nitrogens with zero attached hydrogens (tertiary/aromatic N) is 4. The van der Waals surface area contributed by atoms with Crippen LogP contribution in [0.25, 0.3) is 0 Å². The summed E-state index contributed by atoms with van der Waals surface area (Å²) in [5.74, 6) is 0.891. The van der Waals surface area contributed by atoms with Crippen molar-refractivity contribution in [2.75, 3.05) is 18.4 Å². The summed E-state index contributed by atoms with van der Waals surface area (Å²) in [6, 6.07) is 3.77. The Morgan fingerprint density at radius 2 is 2.45 bits per heavy atom. The van der Waals surface area contributed by atoms with Gasteiger partial charge in [0.15, 0.2) is 0 Å². The lowest BCUT2D eigenvalue weighted by molar-refractivity contribution is -0.117. The first-order valence-electron chi connectivity index (χ1n) is 6.26. The first-order chi connectivity index (χ1) is 9.76. The minimum absolute atomic E-state index is 0.0936. The molecule has 0 aromatic carbocycles. The molecule has 2 aromatic rings. The highest BCUT2D eigenvalue weighted by molar-refractivity contribution is 7.14. The second kappa shape index (κ2) is 5.45. The Hall–Kier alpha value is -2.17. The van der Waals surface area contributed by atoms with Gasteiger partial charge in [-0.1, -0.05) is 0 Å². The Bertz CT molecular complexity index is 668. The van der Waals surface area contributed by atoms with E-state index in [4.69, 9.17) is 5.26 Å². The van der Waals surface area contributed by atoms with Gasteiger partial charge in [0.2, 0.25) is 5.91 Å². The van der Waals surface area contributed by atoms with E-state index in [9.17, 15) is 4.79 Å². The summed E-state index contributed by atoms with van der Waals surface area (Å²) in [5, 5.41) is 14.1. The van der Waals surface area contributed by atoms with Crippen LogP contribution < -0.4 is 5.32 Å². The Morgan fingerprint density at radius 1 is 1.55 bits per heavy atom. The van der Waals surface area contributed by atoms with Crippen LogP contribution in [0.3, 0.4) is 0 Å². The third-order valence-corrected chi connectivity index (χ3v) is 4.06. The molecule has 3 heterocycles. The number of hydrogen-bond acceptors (Lipinski definition) is 5. The van der Waals surface area contributed by atoms with Crippen LogP contribution in [0.15, 0.2) is 23.8 Å². The number of nitrogens with one attached hydrogen (secondary N) is 1. The number of anilines is 1. The number of aromatic nitrogens is 2. The van der Waals surface area contributed by atoms with Gasteiger partial charge in [-0.2, -0.15) is 5.26 Å². The van der Waals surface area contributed by atoms with E-state index in [-0.39, 0.29) is 5.91 Å². The third-order valence-electron chi connectivity index (χ3n) is 3.23. The molecule has 3 rings (SSSR count). The molecular formula is C13H13N5OS. The fourth-order valence-corrected chi connectivity index (χ4v) is 2.98. The standard InChI is InChI=1S/C13H13N5OS/c14-7-10-1-6-20-13(10)16-12(19)9-17-4-5-18-3-2-15-11(18)8-17/h1-3,6H,4-5,8-9H2,(H,16,19). The summed E-state index contributed by atoms with van der Waals surface area (Å²) in [5.41, 5.74) is 0.512. The number of amides is 1. The third kappa shape index (κ3) is 2.57. The van der Waals surface area contributed by atoms with Crippen molar-refractivity contribution in [3.63, 3.8) is 0 Å². The second-order valence-electron chi connectivity index (χ2n) is 4.57. The molecule has 1 aliphatic rings. The summed E-state index contributed by atoms with van der Waals surface area (Å²) >= 11 is 1.37. The number of imidazole rings is 1. The highest BCUT2D eigenvalue weighted by atomic mass is 32.1. The van der Waals surface area contributed by atoms with Gasteiger partial charge in [0.25, 0.3) is 0 Å². The summed E-state index contributed by atoms with van der Waals surface area (Å²) in [4.78, 5) is 18.3. The highest BCUT2D eigenvalue weighted by Crippen LogP contribution is 2.22. The van der Waals surface area contributed by atoms with Gasteiger partial charge >= 0.3 is 0 Å². The van der Waals surface area contributed by atoms with Gasteiger partial charge in [-0.3, -0.25) is 9.69 Å². The van der Waals surface area contributed by atoms with Gasteiger partial charge < -0.3 is 9.88 Å². The molecule has 0 fully saturated rings. The summed E-state index contributed by atoms with van der Waals surface area (Å²) in [6.07, 6.45) is 3.74. The predicted octanol–water partition coefficient (Wildman–Crippen LogP) is 1.27. The van der Waals surface area contributed by atoms with Crippen molar-refractivity contribution in [3.8, 4) is 6.07 Å². The van der Waals surface area contributed by atoms with E-state index in [2.05, 4.69) is 25.8 Å². The zero-order valence-electron chi connectivity index (χ0n) is 10.7. The van der Waals surface area contributed by atoms with Crippen molar-refractivity contribution in [2.24, 2.45) is 0 Å². The highest BCUT2D eigenvalue weighted by Gasteiger charge is 2.19. The molecule has 7 heteroatoms. The van der Waals surface area contributed by atoms with Crippen LogP contribution in [0.1, 0.15) is 11.4 Å². The molecule has 0 saturated carbocycles. The molecular weight excluding hydrogens is 274 g/mol. The maximum Gasteiger partial charge on any atom is 0.239 e. The number of fused-ring (bicyclic) bond motifs is 1. The van der Waals surface area contributed by atoms with Gasteiger partial charge in [-0.25, -0.2) is 4.98 Å². The van der Waals surface area contributed by atoms with E-state index in [1.165, 1.54) is 11.3 Å². The first kappa shape index (κ1) is 12.8. The van der Waals surface area contributed by atoms with Crippen LogP contribution in [0.2, 0.25) is 0 Å². The smallest absolute Gasteiger partial charge is 0.239 e. The number of carbonyl (C=O) groups is 1. The van der Waals surface area contributed by atoms with E-state index in [0.717, 1.165) is 18.9 Å². The molecule has 0 saturated heterocycles. The largest absolute Gasteiger partial charge is 0.333 e. The summed E-state index contributed by atoms with van der Waals surface area (Å²) < 4.78 is 2.10. The molecule has 0 spiro atoms.